The predicted molar refractivity (Wildman–Crippen MR) is 76.7 cm³/mol. The Hall–Kier alpha value is -0.630. The second kappa shape index (κ2) is 6.21. The molecule has 1 aromatic carbocycles. The number of nitrogens with two attached hydrogens (primary N) is 1. The van der Waals surface area contributed by atoms with Gasteiger partial charge in [0, 0.05) is 18.0 Å². The van der Waals surface area contributed by atoms with Crippen LogP contribution in [0.4, 0.5) is 0 Å². The van der Waals surface area contributed by atoms with E-state index in [1.807, 2.05) is 13.8 Å². The summed E-state index contributed by atoms with van der Waals surface area (Å²) in [6.45, 7) is 4.20. The van der Waals surface area contributed by atoms with Gasteiger partial charge in [-0.25, -0.2) is 13.6 Å². The number of rotatable bonds is 6. The fourth-order valence-corrected chi connectivity index (χ4v) is 2.54. The van der Waals surface area contributed by atoms with Crippen molar-refractivity contribution in [3.63, 3.8) is 0 Å². The zero-order valence-electron chi connectivity index (χ0n) is 11.1. The van der Waals surface area contributed by atoms with E-state index in [0.717, 1.165) is 0 Å². The average molecular weight is 352 g/mol. The third-order valence-corrected chi connectivity index (χ3v) is 4.15. The average Bonchev–Trinajstić information content (AvgIpc) is 2.29. The molecule has 0 spiro atoms. The van der Waals surface area contributed by atoms with Crippen molar-refractivity contribution in [3.05, 3.63) is 22.7 Å². The van der Waals surface area contributed by atoms with Crippen LogP contribution in [0.2, 0.25) is 0 Å². The summed E-state index contributed by atoms with van der Waals surface area (Å²) in [6, 6.07) is 4.70. The first-order valence-corrected chi connectivity index (χ1v) is 8.00. The Morgan fingerprint density at radius 3 is 2.53 bits per heavy atom. The minimum Gasteiger partial charge on any atom is -0.492 e. The first kappa shape index (κ1) is 16.4. The number of halogens is 1. The van der Waals surface area contributed by atoms with E-state index in [2.05, 4.69) is 15.9 Å². The topological polar surface area (TPSA) is 78.6 Å². The van der Waals surface area contributed by atoms with Crippen LogP contribution in [0, 0.1) is 0 Å². The molecule has 0 radical (unpaired) electrons. The standard InChI is InChI=1S/C12H18BrNO4S/c1-12(2,17-3)6-7-18-10-5-4-9(13)8-11(10)19(14,15)16/h4-5,8H,6-7H2,1-3H3,(H2,14,15,16). The molecule has 0 aliphatic heterocycles. The summed E-state index contributed by atoms with van der Waals surface area (Å²) in [5.41, 5.74) is -0.322. The Labute approximate surface area is 122 Å². The number of hydrogen-bond donors (Lipinski definition) is 1. The van der Waals surface area contributed by atoms with E-state index in [4.69, 9.17) is 14.6 Å². The fourth-order valence-electron chi connectivity index (χ4n) is 1.33. The second-order valence-electron chi connectivity index (χ2n) is 4.70. The molecule has 0 heterocycles. The summed E-state index contributed by atoms with van der Waals surface area (Å²) < 4.78 is 34.3. The van der Waals surface area contributed by atoms with Crippen LogP contribution in [0.5, 0.6) is 5.75 Å². The van der Waals surface area contributed by atoms with Crippen molar-refractivity contribution in [2.24, 2.45) is 5.14 Å². The lowest BCUT2D eigenvalue weighted by Gasteiger charge is -2.23. The molecule has 0 aromatic heterocycles. The van der Waals surface area contributed by atoms with Crippen LogP contribution >= 0.6 is 15.9 Å². The first-order chi connectivity index (χ1) is 8.65. The highest BCUT2D eigenvalue weighted by Crippen LogP contribution is 2.27. The zero-order chi connectivity index (χ0) is 14.7. The van der Waals surface area contributed by atoms with Crippen molar-refractivity contribution in [3.8, 4) is 5.75 Å². The first-order valence-electron chi connectivity index (χ1n) is 5.66. The monoisotopic (exact) mass is 351 g/mol. The molecule has 0 atom stereocenters. The Morgan fingerprint density at radius 2 is 2.00 bits per heavy atom. The molecule has 2 N–H and O–H groups in total. The van der Waals surface area contributed by atoms with Gasteiger partial charge < -0.3 is 9.47 Å². The van der Waals surface area contributed by atoms with Gasteiger partial charge in [-0.15, -0.1) is 0 Å². The van der Waals surface area contributed by atoms with Gasteiger partial charge >= 0.3 is 0 Å². The number of methoxy groups -OCH3 is 1. The van der Waals surface area contributed by atoms with Gasteiger partial charge in [0.2, 0.25) is 10.0 Å². The highest BCUT2D eigenvalue weighted by atomic mass is 79.9. The van der Waals surface area contributed by atoms with Gasteiger partial charge in [0.1, 0.15) is 10.6 Å². The van der Waals surface area contributed by atoms with Crippen LogP contribution in [0.25, 0.3) is 0 Å². The zero-order valence-corrected chi connectivity index (χ0v) is 13.5. The number of hydrogen-bond acceptors (Lipinski definition) is 4. The van der Waals surface area contributed by atoms with Crippen LogP contribution in [0.3, 0.4) is 0 Å². The van der Waals surface area contributed by atoms with E-state index in [-0.39, 0.29) is 16.2 Å². The minimum absolute atomic E-state index is 0.0305. The predicted octanol–water partition coefficient (Wildman–Crippen LogP) is 2.29. The molecule has 0 aliphatic carbocycles. The summed E-state index contributed by atoms with van der Waals surface area (Å²) in [7, 11) is -2.19. The van der Waals surface area contributed by atoms with Crippen LogP contribution in [-0.2, 0) is 14.8 Å². The molecule has 1 rings (SSSR count). The van der Waals surface area contributed by atoms with Gasteiger partial charge in [-0.3, -0.25) is 0 Å². The maximum absolute atomic E-state index is 11.5. The molecular weight excluding hydrogens is 334 g/mol. The summed E-state index contributed by atoms with van der Waals surface area (Å²) >= 11 is 3.20. The Morgan fingerprint density at radius 1 is 1.37 bits per heavy atom. The highest BCUT2D eigenvalue weighted by molar-refractivity contribution is 9.10. The normalized spacial score (nSPS) is 12.5. The van der Waals surface area contributed by atoms with Crippen molar-refractivity contribution >= 4 is 26.0 Å². The molecule has 0 bridgehead atoms. The number of ether oxygens (including phenoxy) is 2. The summed E-state index contributed by atoms with van der Waals surface area (Å²) in [5.74, 6) is 0.248. The maximum Gasteiger partial charge on any atom is 0.241 e. The van der Waals surface area contributed by atoms with Crippen molar-refractivity contribution in [2.45, 2.75) is 30.8 Å². The fraction of sp³-hybridized carbons (Fsp3) is 0.500. The van der Waals surface area contributed by atoms with Crippen molar-refractivity contribution < 1.29 is 17.9 Å². The Balaban J connectivity index is 2.85. The van der Waals surface area contributed by atoms with E-state index < -0.39 is 10.0 Å². The lowest BCUT2D eigenvalue weighted by molar-refractivity contribution is 0.00522. The van der Waals surface area contributed by atoms with E-state index in [9.17, 15) is 8.42 Å². The van der Waals surface area contributed by atoms with E-state index in [1.54, 1.807) is 19.2 Å². The van der Waals surface area contributed by atoms with Crippen LogP contribution < -0.4 is 9.88 Å². The second-order valence-corrected chi connectivity index (χ2v) is 7.14. The van der Waals surface area contributed by atoms with E-state index >= 15 is 0 Å². The largest absolute Gasteiger partial charge is 0.492 e. The van der Waals surface area contributed by atoms with Crippen molar-refractivity contribution in [2.75, 3.05) is 13.7 Å². The van der Waals surface area contributed by atoms with Gasteiger partial charge in [-0.2, -0.15) is 0 Å². The van der Waals surface area contributed by atoms with Crippen molar-refractivity contribution in [1.82, 2.24) is 0 Å². The van der Waals surface area contributed by atoms with Crippen LogP contribution in [0.1, 0.15) is 20.3 Å². The molecule has 19 heavy (non-hydrogen) atoms. The Kier molecular flexibility index (Phi) is 5.37. The molecule has 0 unspecified atom stereocenters. The summed E-state index contributed by atoms with van der Waals surface area (Å²) in [6.07, 6.45) is 0.629. The van der Waals surface area contributed by atoms with Gasteiger partial charge in [0.15, 0.2) is 0 Å². The maximum atomic E-state index is 11.5. The van der Waals surface area contributed by atoms with Crippen LogP contribution in [-0.4, -0.2) is 27.7 Å². The van der Waals surface area contributed by atoms with Gasteiger partial charge in [0.25, 0.3) is 0 Å². The van der Waals surface area contributed by atoms with E-state index in [1.165, 1.54) is 6.07 Å². The molecule has 108 valence electrons. The number of primary sulfonamides is 1. The molecule has 0 saturated carbocycles. The molecular formula is C12H18BrNO4S. The lowest BCUT2D eigenvalue weighted by Crippen LogP contribution is -2.25. The van der Waals surface area contributed by atoms with Crippen molar-refractivity contribution in [1.29, 1.82) is 0 Å². The number of benzene rings is 1. The molecule has 1 aromatic rings. The third-order valence-electron chi connectivity index (χ3n) is 2.73. The smallest absolute Gasteiger partial charge is 0.241 e. The SMILES string of the molecule is COC(C)(C)CCOc1ccc(Br)cc1S(N)(=O)=O. The quantitative estimate of drug-likeness (QED) is 0.852. The molecule has 0 aliphatic rings. The minimum atomic E-state index is -3.81. The highest BCUT2D eigenvalue weighted by Gasteiger charge is 2.19. The molecule has 5 nitrogen and oxygen atoms in total. The molecule has 0 saturated heterocycles. The molecule has 0 fully saturated rings. The van der Waals surface area contributed by atoms with Gasteiger partial charge in [-0.1, -0.05) is 15.9 Å². The summed E-state index contributed by atoms with van der Waals surface area (Å²) in [4.78, 5) is -0.0305. The lowest BCUT2D eigenvalue weighted by atomic mass is 10.1. The summed E-state index contributed by atoms with van der Waals surface area (Å²) in [5, 5.41) is 5.16. The third kappa shape index (κ3) is 5.10. The van der Waals surface area contributed by atoms with Gasteiger partial charge in [-0.05, 0) is 32.0 Å². The Bertz CT molecular complexity index is 543. The number of sulfonamides is 1. The molecule has 7 heteroatoms. The van der Waals surface area contributed by atoms with Gasteiger partial charge in [0.05, 0.1) is 12.2 Å². The van der Waals surface area contributed by atoms with E-state index in [0.29, 0.717) is 17.5 Å². The van der Waals surface area contributed by atoms with Crippen LogP contribution in [0.15, 0.2) is 27.6 Å². The molecule has 0 amide bonds.